The van der Waals surface area contributed by atoms with Crippen molar-refractivity contribution in [2.24, 2.45) is 0 Å². The van der Waals surface area contributed by atoms with Crippen LogP contribution in [0.2, 0.25) is 0 Å². The highest BCUT2D eigenvalue weighted by atomic mass is 16.2. The summed E-state index contributed by atoms with van der Waals surface area (Å²) in [5, 5.41) is 8.47. The highest BCUT2D eigenvalue weighted by Gasteiger charge is 2.12. The molecule has 0 atom stereocenters. The molecule has 3 N–H and O–H groups in total. The Balaban J connectivity index is 1.40. The zero-order chi connectivity index (χ0) is 18.9. The minimum atomic E-state index is -0.297. The third-order valence-corrected chi connectivity index (χ3v) is 4.52. The van der Waals surface area contributed by atoms with Crippen molar-refractivity contribution in [2.45, 2.75) is 19.4 Å². The van der Waals surface area contributed by atoms with Gasteiger partial charge in [0.15, 0.2) is 0 Å². The number of benzene rings is 1. The summed E-state index contributed by atoms with van der Waals surface area (Å²) in [6, 6.07) is 10.3. The highest BCUT2D eigenvalue weighted by molar-refractivity contribution is 5.95. The van der Waals surface area contributed by atoms with Crippen LogP contribution in [-0.4, -0.2) is 48.0 Å². The van der Waals surface area contributed by atoms with Crippen LogP contribution in [-0.2, 0) is 6.54 Å². The van der Waals surface area contributed by atoms with Gasteiger partial charge in [0.25, 0.3) is 5.91 Å². The number of urea groups is 1. The van der Waals surface area contributed by atoms with Crippen LogP contribution in [0.15, 0.2) is 48.8 Å². The number of carbonyl (C=O) groups excluding carboxylic acids is 2. The molecule has 0 spiro atoms. The van der Waals surface area contributed by atoms with E-state index in [1.54, 1.807) is 36.7 Å². The Kier molecular flexibility index (Phi) is 6.76. The number of amides is 3. The third kappa shape index (κ3) is 6.07. The average molecular weight is 367 g/mol. The van der Waals surface area contributed by atoms with Crippen LogP contribution >= 0.6 is 0 Å². The molecule has 1 saturated heterocycles. The Morgan fingerprint density at radius 3 is 2.37 bits per heavy atom. The van der Waals surface area contributed by atoms with Crippen LogP contribution in [0.5, 0.6) is 0 Å². The molecule has 7 nitrogen and oxygen atoms in total. The van der Waals surface area contributed by atoms with Crippen molar-refractivity contribution >= 4 is 17.6 Å². The molecular weight excluding hydrogens is 342 g/mol. The molecule has 2 aromatic rings. The Morgan fingerprint density at radius 1 is 0.963 bits per heavy atom. The maximum Gasteiger partial charge on any atom is 0.319 e. The minimum Gasteiger partial charge on any atom is -0.351 e. The fraction of sp³-hybridized carbons (Fsp3) is 0.350. The second-order valence-corrected chi connectivity index (χ2v) is 6.55. The molecule has 0 aliphatic carbocycles. The molecule has 1 aliphatic rings. The topological polar surface area (TPSA) is 86.4 Å². The predicted molar refractivity (Wildman–Crippen MR) is 105 cm³/mol. The molecule has 142 valence electrons. The van der Waals surface area contributed by atoms with Gasteiger partial charge >= 0.3 is 6.03 Å². The minimum absolute atomic E-state index is 0.0946. The molecule has 3 amide bonds. The lowest BCUT2D eigenvalue weighted by molar-refractivity contribution is 0.0950. The molecule has 0 saturated carbocycles. The molecule has 2 heterocycles. The van der Waals surface area contributed by atoms with Gasteiger partial charge in [-0.15, -0.1) is 0 Å². The predicted octanol–water partition coefficient (Wildman–Crippen LogP) is 2.23. The normalized spacial score (nSPS) is 13.9. The van der Waals surface area contributed by atoms with E-state index in [0.717, 1.165) is 25.2 Å². The van der Waals surface area contributed by atoms with Crippen molar-refractivity contribution in [2.75, 3.05) is 31.5 Å². The zero-order valence-corrected chi connectivity index (χ0v) is 15.3. The third-order valence-electron chi connectivity index (χ3n) is 4.52. The second kappa shape index (κ2) is 9.68. The van der Waals surface area contributed by atoms with Crippen LogP contribution in [0.25, 0.3) is 0 Å². The SMILES string of the molecule is O=C(NCc1ccncc1)Nc1ccc(C(=O)NCCN2CCCC2)cc1. The van der Waals surface area contributed by atoms with Gasteiger partial charge < -0.3 is 20.9 Å². The van der Waals surface area contributed by atoms with Crippen molar-refractivity contribution in [1.29, 1.82) is 0 Å². The Labute approximate surface area is 159 Å². The van der Waals surface area contributed by atoms with Gasteiger partial charge in [-0.2, -0.15) is 0 Å². The van der Waals surface area contributed by atoms with Gasteiger partial charge in [-0.05, 0) is 67.9 Å². The monoisotopic (exact) mass is 367 g/mol. The molecule has 7 heteroatoms. The van der Waals surface area contributed by atoms with E-state index in [1.165, 1.54) is 12.8 Å². The molecule has 1 aromatic heterocycles. The molecule has 0 unspecified atom stereocenters. The zero-order valence-electron chi connectivity index (χ0n) is 15.3. The molecule has 0 radical (unpaired) electrons. The number of carbonyl (C=O) groups is 2. The number of hydrogen-bond acceptors (Lipinski definition) is 4. The largest absolute Gasteiger partial charge is 0.351 e. The number of likely N-dealkylation sites (tertiary alicyclic amines) is 1. The summed E-state index contributed by atoms with van der Waals surface area (Å²) in [6.07, 6.45) is 5.87. The first-order chi connectivity index (χ1) is 13.2. The van der Waals surface area contributed by atoms with E-state index in [1.807, 2.05) is 12.1 Å². The van der Waals surface area contributed by atoms with Crippen LogP contribution in [0, 0.1) is 0 Å². The molecule has 27 heavy (non-hydrogen) atoms. The summed E-state index contributed by atoms with van der Waals surface area (Å²) in [7, 11) is 0. The number of nitrogens with zero attached hydrogens (tertiary/aromatic N) is 2. The smallest absolute Gasteiger partial charge is 0.319 e. The molecule has 0 bridgehead atoms. The second-order valence-electron chi connectivity index (χ2n) is 6.55. The first-order valence-electron chi connectivity index (χ1n) is 9.25. The van der Waals surface area contributed by atoms with Gasteiger partial charge in [0, 0.05) is 43.3 Å². The average Bonchev–Trinajstić information content (AvgIpc) is 3.21. The van der Waals surface area contributed by atoms with Crippen LogP contribution in [0.4, 0.5) is 10.5 Å². The number of anilines is 1. The van der Waals surface area contributed by atoms with E-state index in [9.17, 15) is 9.59 Å². The van der Waals surface area contributed by atoms with Gasteiger partial charge in [0.2, 0.25) is 0 Å². The first kappa shape index (κ1) is 18.8. The van der Waals surface area contributed by atoms with Gasteiger partial charge in [-0.3, -0.25) is 9.78 Å². The number of rotatable bonds is 7. The number of hydrogen-bond donors (Lipinski definition) is 3. The fourth-order valence-corrected chi connectivity index (χ4v) is 3.00. The summed E-state index contributed by atoms with van der Waals surface area (Å²) in [5.41, 5.74) is 2.19. The number of pyridine rings is 1. The highest BCUT2D eigenvalue weighted by Crippen LogP contribution is 2.10. The lowest BCUT2D eigenvalue weighted by Crippen LogP contribution is -2.33. The van der Waals surface area contributed by atoms with Crippen molar-refractivity contribution in [3.63, 3.8) is 0 Å². The van der Waals surface area contributed by atoms with Crippen LogP contribution in [0.1, 0.15) is 28.8 Å². The molecule has 3 rings (SSSR count). The number of nitrogens with one attached hydrogen (secondary N) is 3. The summed E-state index contributed by atoms with van der Waals surface area (Å²) in [6.45, 7) is 4.21. The lowest BCUT2D eigenvalue weighted by Gasteiger charge is -2.14. The van der Waals surface area contributed by atoms with E-state index in [2.05, 4.69) is 25.8 Å². The van der Waals surface area contributed by atoms with Gasteiger partial charge in [0.05, 0.1) is 0 Å². The van der Waals surface area contributed by atoms with E-state index in [4.69, 9.17) is 0 Å². The van der Waals surface area contributed by atoms with E-state index >= 15 is 0 Å². The molecule has 1 fully saturated rings. The Morgan fingerprint density at radius 2 is 1.67 bits per heavy atom. The summed E-state index contributed by atoms with van der Waals surface area (Å²) in [5.74, 6) is -0.0946. The molecule has 1 aromatic carbocycles. The molecule has 1 aliphatic heterocycles. The quantitative estimate of drug-likeness (QED) is 0.700. The van der Waals surface area contributed by atoms with Crippen LogP contribution in [0.3, 0.4) is 0 Å². The Bertz CT molecular complexity index is 743. The summed E-state index contributed by atoms with van der Waals surface area (Å²) in [4.78, 5) is 30.4. The van der Waals surface area contributed by atoms with Crippen molar-refractivity contribution in [1.82, 2.24) is 20.5 Å². The standard InChI is InChI=1S/C20H25N5O2/c26-19(22-11-14-25-12-1-2-13-25)17-3-5-18(6-4-17)24-20(27)23-15-16-7-9-21-10-8-16/h3-10H,1-2,11-15H2,(H,22,26)(H2,23,24,27). The van der Waals surface area contributed by atoms with Gasteiger partial charge in [0.1, 0.15) is 0 Å². The van der Waals surface area contributed by atoms with Crippen molar-refractivity contribution in [3.05, 3.63) is 59.9 Å². The summed E-state index contributed by atoms with van der Waals surface area (Å²) < 4.78 is 0. The molecular formula is C20H25N5O2. The summed E-state index contributed by atoms with van der Waals surface area (Å²) >= 11 is 0. The maximum absolute atomic E-state index is 12.2. The van der Waals surface area contributed by atoms with E-state index in [-0.39, 0.29) is 11.9 Å². The number of aromatic nitrogens is 1. The van der Waals surface area contributed by atoms with E-state index in [0.29, 0.717) is 24.3 Å². The van der Waals surface area contributed by atoms with E-state index < -0.39 is 0 Å². The van der Waals surface area contributed by atoms with Crippen molar-refractivity contribution < 1.29 is 9.59 Å². The van der Waals surface area contributed by atoms with Gasteiger partial charge in [-0.1, -0.05) is 0 Å². The fourth-order valence-electron chi connectivity index (χ4n) is 3.00. The van der Waals surface area contributed by atoms with Crippen LogP contribution < -0.4 is 16.0 Å². The Hall–Kier alpha value is -2.93. The maximum atomic E-state index is 12.2. The lowest BCUT2D eigenvalue weighted by atomic mass is 10.2. The van der Waals surface area contributed by atoms with Gasteiger partial charge in [-0.25, -0.2) is 4.79 Å². The first-order valence-corrected chi connectivity index (χ1v) is 9.25. The van der Waals surface area contributed by atoms with Crippen molar-refractivity contribution in [3.8, 4) is 0 Å².